The molecule has 0 unspecified atom stereocenters. The van der Waals surface area contributed by atoms with Crippen LogP contribution in [0, 0.1) is 5.41 Å². The summed E-state index contributed by atoms with van der Waals surface area (Å²) < 4.78 is 18.4. The maximum atomic E-state index is 14.0. The molecular formula is C41H56N6O7S. The van der Waals surface area contributed by atoms with E-state index in [0.29, 0.717) is 30.8 Å². The van der Waals surface area contributed by atoms with Crippen molar-refractivity contribution in [3.63, 3.8) is 0 Å². The van der Waals surface area contributed by atoms with Crippen LogP contribution < -0.4 is 10.7 Å². The third kappa shape index (κ3) is 10.1. The van der Waals surface area contributed by atoms with E-state index in [1.54, 1.807) is 34.1 Å². The molecule has 5 rings (SSSR count). The van der Waals surface area contributed by atoms with Crippen molar-refractivity contribution >= 4 is 40.2 Å². The molecule has 2 amide bonds. The lowest BCUT2D eigenvalue weighted by Gasteiger charge is -2.35. The molecule has 1 saturated heterocycles. The maximum absolute atomic E-state index is 14.0. The lowest BCUT2D eigenvalue weighted by molar-refractivity contribution is -0.145. The number of aryl methyl sites for hydroxylation is 1. The number of fused-ring (bicyclic) bond motifs is 1. The molecule has 298 valence electrons. The van der Waals surface area contributed by atoms with Crippen LogP contribution >= 0.6 is 11.3 Å². The zero-order valence-electron chi connectivity index (χ0n) is 33.5. The van der Waals surface area contributed by atoms with Crippen molar-refractivity contribution in [3.8, 4) is 22.5 Å². The Morgan fingerprint density at radius 1 is 1.15 bits per heavy atom. The summed E-state index contributed by atoms with van der Waals surface area (Å²) in [6.45, 7) is 14.7. The highest BCUT2D eigenvalue weighted by Gasteiger charge is 2.33. The average Bonchev–Trinajstić information content (AvgIpc) is 3.74. The summed E-state index contributed by atoms with van der Waals surface area (Å²) in [6, 6.07) is 9.12. The summed E-state index contributed by atoms with van der Waals surface area (Å²) in [5, 5.41) is 18.4. The molecule has 0 spiro atoms. The highest BCUT2D eigenvalue weighted by molar-refractivity contribution is 7.10. The number of hydrazine groups is 1. The van der Waals surface area contributed by atoms with Crippen molar-refractivity contribution in [1.29, 1.82) is 0 Å². The molecule has 0 aliphatic carbocycles. The number of pyridine rings is 1. The molecule has 13 nitrogen and oxygen atoms in total. The van der Waals surface area contributed by atoms with Crippen LogP contribution in [0.2, 0.25) is 0 Å². The fourth-order valence-corrected chi connectivity index (χ4v) is 7.84. The number of methoxy groups -OCH3 is 2. The highest BCUT2D eigenvalue weighted by atomic mass is 32.1. The van der Waals surface area contributed by atoms with Gasteiger partial charge in [0.2, 0.25) is 0 Å². The molecule has 0 radical (unpaired) electrons. The van der Waals surface area contributed by atoms with Crippen molar-refractivity contribution < 1.29 is 33.7 Å². The van der Waals surface area contributed by atoms with Crippen LogP contribution in [0.3, 0.4) is 0 Å². The van der Waals surface area contributed by atoms with E-state index >= 15 is 0 Å². The first kappa shape index (κ1) is 41.8. The minimum Gasteiger partial charge on any atom is -0.469 e. The second-order valence-electron chi connectivity index (χ2n) is 15.9. The van der Waals surface area contributed by atoms with E-state index in [0.717, 1.165) is 51.2 Å². The molecular weight excluding hydrogens is 721 g/mol. The summed E-state index contributed by atoms with van der Waals surface area (Å²) in [5.74, 6) is -0.710. The van der Waals surface area contributed by atoms with Gasteiger partial charge < -0.3 is 29.2 Å². The van der Waals surface area contributed by atoms with Crippen LogP contribution in [-0.2, 0) is 43.2 Å². The molecule has 0 saturated carbocycles. The Morgan fingerprint density at radius 3 is 2.58 bits per heavy atom. The summed E-state index contributed by atoms with van der Waals surface area (Å²) in [4.78, 5) is 48.7. The largest absolute Gasteiger partial charge is 0.469 e. The van der Waals surface area contributed by atoms with Crippen LogP contribution in [0.1, 0.15) is 90.1 Å². The highest BCUT2D eigenvalue weighted by Crippen LogP contribution is 2.41. The number of benzene rings is 1. The molecule has 4 heterocycles. The van der Waals surface area contributed by atoms with Gasteiger partial charge in [-0.2, -0.15) is 0 Å². The molecule has 4 aromatic rings. The minimum atomic E-state index is -0.975. The van der Waals surface area contributed by atoms with E-state index < -0.39 is 23.2 Å². The van der Waals surface area contributed by atoms with Crippen LogP contribution in [0.5, 0.6) is 0 Å². The second kappa shape index (κ2) is 17.6. The number of amides is 2. The normalized spacial score (nSPS) is 16.2. The van der Waals surface area contributed by atoms with Crippen molar-refractivity contribution in [1.82, 2.24) is 30.3 Å². The first-order valence-electron chi connectivity index (χ1n) is 18.9. The molecule has 14 heteroatoms. The first-order valence-corrected chi connectivity index (χ1v) is 19.8. The van der Waals surface area contributed by atoms with Gasteiger partial charge in [0.15, 0.2) is 0 Å². The molecule has 3 aromatic heterocycles. The van der Waals surface area contributed by atoms with Gasteiger partial charge in [0.05, 0.1) is 41.7 Å². The Labute approximate surface area is 327 Å². The van der Waals surface area contributed by atoms with Crippen LogP contribution in [-0.4, -0.2) is 87.7 Å². The lowest BCUT2D eigenvalue weighted by Crippen LogP contribution is -2.59. The zero-order chi connectivity index (χ0) is 40.1. The van der Waals surface area contributed by atoms with E-state index in [2.05, 4.69) is 60.3 Å². The minimum absolute atomic E-state index is 0.0187. The Hall–Kier alpha value is -4.37. The van der Waals surface area contributed by atoms with E-state index in [4.69, 9.17) is 24.2 Å². The number of aliphatic hydroxyl groups excluding tert-OH is 1. The van der Waals surface area contributed by atoms with Crippen molar-refractivity contribution in [3.05, 3.63) is 58.2 Å². The number of thiazole rings is 1. The number of ether oxygens (including phenoxy) is 3. The van der Waals surface area contributed by atoms with Crippen LogP contribution in [0.25, 0.3) is 33.4 Å². The summed E-state index contributed by atoms with van der Waals surface area (Å²) in [6.07, 6.45) is 3.14. The molecule has 3 N–H and O–H groups in total. The molecule has 55 heavy (non-hydrogen) atoms. The summed E-state index contributed by atoms with van der Waals surface area (Å²) in [5.41, 5.74) is 8.71. The first-order chi connectivity index (χ1) is 26.1. The van der Waals surface area contributed by atoms with Crippen molar-refractivity contribution in [2.45, 2.75) is 111 Å². The Balaban J connectivity index is 1.51. The number of aliphatic hydroxyl groups is 1. The number of nitrogens with zero attached hydrogens (tertiary/aromatic N) is 4. The molecule has 1 aromatic carbocycles. The predicted molar refractivity (Wildman–Crippen MR) is 213 cm³/mol. The van der Waals surface area contributed by atoms with Gasteiger partial charge in [-0.25, -0.2) is 15.2 Å². The van der Waals surface area contributed by atoms with Gasteiger partial charge in [0, 0.05) is 72.9 Å². The number of nitrogens with one attached hydrogen (secondary N) is 2. The predicted octanol–water partition coefficient (Wildman–Crippen LogP) is 6.61. The smallest absolute Gasteiger partial charge is 0.408 e. The van der Waals surface area contributed by atoms with Gasteiger partial charge in [0.25, 0.3) is 5.91 Å². The number of esters is 1. The standard InChI is InChI=1S/C41H56N6O7S/c1-10-46-33-16-15-26(19-29(33)30(22-41(6,7)24-48)37(46)28-14-11-17-42-36(28)25(2)52-8)32-23-55-34(43-32)21-31(44-39(51)54-40(3,4)5)38(50)47-18-12-13-27(45-47)20-35(49)53-9/h11,14-17,19,23,25,27,31,45,48H,10,12-13,18,20-22,24H2,1-9H3,(H,44,51)/t25-,27-,31-/m0/s1. The zero-order valence-corrected chi connectivity index (χ0v) is 34.3. The van der Waals surface area contributed by atoms with E-state index in [1.165, 1.54) is 23.5 Å². The monoisotopic (exact) mass is 776 g/mol. The second-order valence-corrected chi connectivity index (χ2v) is 16.8. The van der Waals surface area contributed by atoms with Gasteiger partial charge in [0.1, 0.15) is 11.6 Å². The summed E-state index contributed by atoms with van der Waals surface area (Å²) in [7, 11) is 3.02. The third-order valence-electron chi connectivity index (χ3n) is 9.79. The number of carbonyl (C=O) groups is 3. The lowest BCUT2D eigenvalue weighted by atomic mass is 9.84. The molecule has 1 fully saturated rings. The average molecular weight is 777 g/mol. The van der Waals surface area contributed by atoms with Gasteiger partial charge in [-0.05, 0) is 89.1 Å². The fraction of sp³-hybridized carbons (Fsp3) is 0.537. The SMILES string of the molecule is CCn1c(-c2cccnc2[C@H](C)OC)c(CC(C)(C)CO)c2cc(-c3csc(C[C@H](NC(=O)OC(C)(C)C)C(=O)N4CCC[C@@H](CC(=O)OC)N4)n3)ccc21. The molecule has 3 atom stereocenters. The van der Waals surface area contributed by atoms with E-state index in [1.807, 2.05) is 18.4 Å². The van der Waals surface area contributed by atoms with Crippen molar-refractivity contribution in [2.75, 3.05) is 27.4 Å². The molecule has 0 bridgehead atoms. The topological polar surface area (TPSA) is 157 Å². The van der Waals surface area contributed by atoms with Gasteiger partial charge >= 0.3 is 12.1 Å². The molecule has 1 aliphatic rings. The van der Waals surface area contributed by atoms with E-state index in [9.17, 15) is 19.5 Å². The Morgan fingerprint density at radius 2 is 1.91 bits per heavy atom. The Bertz CT molecular complexity index is 1980. The Kier molecular flexibility index (Phi) is 13.4. The van der Waals surface area contributed by atoms with Crippen LogP contribution in [0.4, 0.5) is 4.79 Å². The number of carbonyl (C=O) groups excluding carboxylic acids is 3. The fourth-order valence-electron chi connectivity index (χ4n) is 6.99. The van der Waals surface area contributed by atoms with Gasteiger partial charge in [-0.15, -0.1) is 11.3 Å². The van der Waals surface area contributed by atoms with Crippen molar-refractivity contribution in [2.24, 2.45) is 5.41 Å². The quantitative estimate of drug-likeness (QED) is 0.119. The van der Waals surface area contributed by atoms with Gasteiger partial charge in [-0.3, -0.25) is 19.6 Å². The molecule has 1 aliphatic heterocycles. The number of alkyl carbamates (subject to hydrolysis) is 1. The van der Waals surface area contributed by atoms with E-state index in [-0.39, 0.29) is 43.5 Å². The number of aromatic nitrogens is 3. The number of hydrogen-bond donors (Lipinski definition) is 3. The number of rotatable bonds is 14. The van der Waals surface area contributed by atoms with Crippen LogP contribution in [0.15, 0.2) is 41.9 Å². The summed E-state index contributed by atoms with van der Waals surface area (Å²) >= 11 is 1.41. The maximum Gasteiger partial charge on any atom is 0.408 e. The number of hydrogen-bond acceptors (Lipinski definition) is 11. The third-order valence-corrected chi connectivity index (χ3v) is 10.7. The van der Waals surface area contributed by atoms with Gasteiger partial charge in [-0.1, -0.05) is 19.9 Å².